The Labute approximate surface area is 136 Å². The van der Waals surface area contributed by atoms with E-state index in [2.05, 4.69) is 15.3 Å². The minimum absolute atomic E-state index is 0.0264. The third-order valence-electron chi connectivity index (χ3n) is 3.09. The number of H-pyrrole nitrogens is 2. The number of benzene rings is 1. The van der Waals surface area contributed by atoms with Crippen molar-refractivity contribution in [3.8, 4) is 0 Å². The largest absolute Gasteiger partial charge is 0.465 e. The number of aromatic nitrogens is 2. The van der Waals surface area contributed by atoms with Crippen LogP contribution in [0.5, 0.6) is 0 Å². The summed E-state index contributed by atoms with van der Waals surface area (Å²) in [5.41, 5.74) is 0.956. The zero-order valence-electron chi connectivity index (χ0n) is 13.2. The lowest BCUT2D eigenvalue weighted by molar-refractivity contribution is -0.163. The molecule has 3 N–H and O–H groups in total. The lowest BCUT2D eigenvalue weighted by Gasteiger charge is -2.14. The predicted molar refractivity (Wildman–Crippen MR) is 84.3 cm³/mol. The fourth-order valence-corrected chi connectivity index (χ4v) is 2.09. The van der Waals surface area contributed by atoms with E-state index in [1.54, 1.807) is 19.9 Å². The quantitative estimate of drug-likeness (QED) is 0.521. The molecule has 0 bridgehead atoms. The molecule has 2 aromatic rings. The molecule has 0 atom stereocenters. The van der Waals surface area contributed by atoms with E-state index in [0.29, 0.717) is 16.7 Å². The Bertz CT molecular complexity index is 804. The van der Waals surface area contributed by atoms with Crippen LogP contribution in [0, 0.1) is 5.92 Å². The maximum absolute atomic E-state index is 12.3. The molecule has 1 heterocycles. The maximum atomic E-state index is 12.3. The Kier molecular flexibility index (Phi) is 5.35. The fourth-order valence-electron chi connectivity index (χ4n) is 2.09. The van der Waals surface area contributed by atoms with Gasteiger partial charge >= 0.3 is 17.6 Å². The minimum atomic E-state index is -1.72. The van der Waals surface area contributed by atoms with E-state index in [1.165, 1.54) is 12.1 Å². The topological polar surface area (TPSA) is 130 Å². The summed E-state index contributed by atoms with van der Waals surface area (Å²) in [6.45, 7) is 3.18. The molecule has 0 saturated heterocycles. The van der Waals surface area contributed by atoms with E-state index in [0.717, 1.165) is 0 Å². The van der Waals surface area contributed by atoms with Gasteiger partial charge in [-0.25, -0.2) is 4.79 Å². The molecule has 1 amide bonds. The number of imidazole rings is 1. The zero-order valence-corrected chi connectivity index (χ0v) is 13.2. The van der Waals surface area contributed by atoms with E-state index in [4.69, 9.17) is 9.47 Å². The van der Waals surface area contributed by atoms with Crippen LogP contribution in [0.1, 0.15) is 13.8 Å². The summed E-state index contributed by atoms with van der Waals surface area (Å²) in [5, 5.41) is 2.45. The number of carbonyl (C=O) groups is 3. The Morgan fingerprint density at radius 1 is 1.04 bits per heavy atom. The average Bonchev–Trinajstić information content (AvgIpc) is 2.87. The molecule has 0 fully saturated rings. The Hall–Kier alpha value is -3.10. The zero-order chi connectivity index (χ0) is 17.7. The number of ether oxygens (including phenoxy) is 2. The fraction of sp³-hybridized carbons (Fsp3) is 0.333. The molecule has 0 saturated carbocycles. The van der Waals surface area contributed by atoms with Crippen molar-refractivity contribution in [3.05, 3.63) is 28.7 Å². The first-order chi connectivity index (χ1) is 11.5. The summed E-state index contributed by atoms with van der Waals surface area (Å²) in [4.78, 5) is 52.4. The Balaban J connectivity index is 2.22. The summed E-state index contributed by atoms with van der Waals surface area (Å²) in [5.74, 6) is -4.55. The molecule has 2 rings (SSSR count). The molecule has 0 aliphatic rings. The molecular weight excluding hydrogens is 318 g/mol. The van der Waals surface area contributed by atoms with Crippen LogP contribution in [0.25, 0.3) is 11.0 Å². The van der Waals surface area contributed by atoms with Crippen molar-refractivity contribution in [1.82, 2.24) is 9.97 Å². The molecule has 9 heteroatoms. The van der Waals surface area contributed by atoms with Gasteiger partial charge in [-0.3, -0.25) is 14.4 Å². The van der Waals surface area contributed by atoms with Crippen LogP contribution in [0.15, 0.2) is 23.0 Å². The minimum Gasteiger partial charge on any atom is -0.465 e. The van der Waals surface area contributed by atoms with Gasteiger partial charge in [0.2, 0.25) is 11.8 Å². The van der Waals surface area contributed by atoms with Gasteiger partial charge in [-0.2, -0.15) is 0 Å². The average molecular weight is 335 g/mol. The SMILES string of the molecule is CCOC(=O)C(C(=O)Nc1ccc2[nH]c(=O)[nH]c2c1)C(=O)OCC. The molecule has 1 aromatic carbocycles. The number of nitrogens with one attached hydrogen (secondary N) is 3. The predicted octanol–water partition coefficient (Wildman–Crippen LogP) is 0.537. The third-order valence-corrected chi connectivity index (χ3v) is 3.09. The van der Waals surface area contributed by atoms with E-state index in [-0.39, 0.29) is 18.9 Å². The number of anilines is 1. The van der Waals surface area contributed by atoms with Crippen LogP contribution in [-0.4, -0.2) is 41.0 Å². The molecule has 0 spiro atoms. The lowest BCUT2D eigenvalue weighted by Crippen LogP contribution is -2.38. The summed E-state index contributed by atoms with van der Waals surface area (Å²) >= 11 is 0. The highest BCUT2D eigenvalue weighted by Crippen LogP contribution is 2.16. The molecule has 0 unspecified atom stereocenters. The second-order valence-electron chi connectivity index (χ2n) is 4.77. The lowest BCUT2D eigenvalue weighted by atomic mass is 10.1. The van der Waals surface area contributed by atoms with E-state index >= 15 is 0 Å². The van der Waals surface area contributed by atoms with Crippen LogP contribution in [-0.2, 0) is 23.9 Å². The molecule has 9 nitrogen and oxygen atoms in total. The van der Waals surface area contributed by atoms with Gasteiger partial charge in [-0.15, -0.1) is 0 Å². The number of esters is 2. The normalized spacial score (nSPS) is 10.6. The molecule has 1 aromatic heterocycles. The van der Waals surface area contributed by atoms with Crippen LogP contribution >= 0.6 is 0 Å². The molecule has 0 radical (unpaired) electrons. The number of carbonyl (C=O) groups excluding carboxylic acids is 3. The number of fused-ring (bicyclic) bond motifs is 1. The molecule has 0 aliphatic carbocycles. The van der Waals surface area contributed by atoms with Crippen molar-refractivity contribution < 1.29 is 23.9 Å². The highest BCUT2D eigenvalue weighted by molar-refractivity contribution is 6.18. The smallest absolute Gasteiger partial charge is 0.330 e. The highest BCUT2D eigenvalue weighted by atomic mass is 16.6. The monoisotopic (exact) mass is 335 g/mol. The van der Waals surface area contributed by atoms with Crippen molar-refractivity contribution in [2.75, 3.05) is 18.5 Å². The van der Waals surface area contributed by atoms with Gasteiger partial charge in [-0.05, 0) is 32.0 Å². The van der Waals surface area contributed by atoms with Crippen LogP contribution in [0.3, 0.4) is 0 Å². The second kappa shape index (κ2) is 7.44. The second-order valence-corrected chi connectivity index (χ2v) is 4.77. The Morgan fingerprint density at radius 2 is 1.62 bits per heavy atom. The number of rotatable bonds is 6. The first-order valence-electron chi connectivity index (χ1n) is 7.32. The number of amides is 1. The summed E-state index contributed by atoms with van der Waals surface area (Å²) in [6.07, 6.45) is 0. The first kappa shape index (κ1) is 17.3. The molecule has 24 heavy (non-hydrogen) atoms. The summed E-state index contributed by atoms with van der Waals surface area (Å²) in [6, 6.07) is 4.60. The van der Waals surface area contributed by atoms with Crippen molar-refractivity contribution in [3.63, 3.8) is 0 Å². The Morgan fingerprint density at radius 3 is 2.21 bits per heavy atom. The molecule has 0 aliphatic heterocycles. The van der Waals surface area contributed by atoms with Crippen molar-refractivity contribution in [2.45, 2.75) is 13.8 Å². The van der Waals surface area contributed by atoms with E-state index < -0.39 is 23.8 Å². The van der Waals surface area contributed by atoms with Crippen LogP contribution in [0.2, 0.25) is 0 Å². The van der Waals surface area contributed by atoms with Gasteiger partial charge in [0.25, 0.3) is 0 Å². The summed E-state index contributed by atoms with van der Waals surface area (Å²) < 4.78 is 9.50. The van der Waals surface area contributed by atoms with E-state index in [9.17, 15) is 19.2 Å². The summed E-state index contributed by atoms with van der Waals surface area (Å²) in [7, 11) is 0. The van der Waals surface area contributed by atoms with Crippen LogP contribution in [0.4, 0.5) is 5.69 Å². The number of aromatic amines is 2. The van der Waals surface area contributed by atoms with Gasteiger partial charge in [0.1, 0.15) is 0 Å². The van der Waals surface area contributed by atoms with Crippen molar-refractivity contribution in [1.29, 1.82) is 0 Å². The van der Waals surface area contributed by atoms with Gasteiger partial charge in [0.15, 0.2) is 0 Å². The van der Waals surface area contributed by atoms with Gasteiger partial charge in [0.05, 0.1) is 24.2 Å². The van der Waals surface area contributed by atoms with Crippen molar-refractivity contribution >= 4 is 34.6 Å². The standard InChI is InChI=1S/C15H17N3O6/c1-3-23-13(20)11(14(21)24-4-2)12(19)16-8-5-6-9-10(7-8)18-15(22)17-9/h5-7,11H,3-4H2,1-2H3,(H,16,19)(H2,17,18,22). The van der Waals surface area contributed by atoms with Gasteiger partial charge in [-0.1, -0.05) is 0 Å². The number of hydrogen-bond acceptors (Lipinski definition) is 6. The van der Waals surface area contributed by atoms with E-state index in [1.807, 2.05) is 0 Å². The van der Waals surface area contributed by atoms with Gasteiger partial charge < -0.3 is 24.8 Å². The highest BCUT2D eigenvalue weighted by Gasteiger charge is 2.37. The van der Waals surface area contributed by atoms with Gasteiger partial charge in [0, 0.05) is 5.69 Å². The van der Waals surface area contributed by atoms with Crippen molar-refractivity contribution in [2.24, 2.45) is 5.92 Å². The maximum Gasteiger partial charge on any atom is 0.330 e. The number of hydrogen-bond donors (Lipinski definition) is 3. The first-order valence-corrected chi connectivity index (χ1v) is 7.32. The molecule has 128 valence electrons. The third kappa shape index (κ3) is 3.80. The molecular formula is C15H17N3O6. The van der Waals surface area contributed by atoms with Crippen LogP contribution < -0.4 is 11.0 Å².